The number of ketones is 1. The molecule has 2 N–H and O–H groups in total. The number of anilines is 1. The van der Waals surface area contributed by atoms with Crippen molar-refractivity contribution in [1.29, 1.82) is 0 Å². The van der Waals surface area contributed by atoms with Crippen LogP contribution in [0, 0.1) is 10.1 Å². The van der Waals surface area contributed by atoms with E-state index in [1.54, 1.807) is 36.4 Å². The summed E-state index contributed by atoms with van der Waals surface area (Å²) < 4.78 is 0. The monoisotopic (exact) mass is 314 g/mol. The molecule has 0 saturated carbocycles. The Balaban J connectivity index is 2.36. The number of hydrogen-bond donors (Lipinski definition) is 2. The van der Waals surface area contributed by atoms with Gasteiger partial charge in [-0.05, 0) is 18.6 Å². The fraction of sp³-hybridized carbons (Fsp3) is 0.235. The molecule has 6 heteroatoms. The summed E-state index contributed by atoms with van der Waals surface area (Å²) >= 11 is 0. The lowest BCUT2D eigenvalue weighted by atomic mass is 10.0. The minimum Gasteiger partial charge on any atom is -0.394 e. The van der Waals surface area contributed by atoms with Gasteiger partial charge in [-0.3, -0.25) is 14.9 Å². The van der Waals surface area contributed by atoms with E-state index in [1.165, 1.54) is 12.1 Å². The molecule has 0 bridgehead atoms. The Labute approximate surface area is 133 Å². The second-order valence-corrected chi connectivity index (χ2v) is 5.12. The average molecular weight is 314 g/mol. The lowest BCUT2D eigenvalue weighted by Gasteiger charge is -2.15. The highest BCUT2D eigenvalue weighted by molar-refractivity contribution is 6.09. The van der Waals surface area contributed by atoms with E-state index in [-0.39, 0.29) is 29.7 Å². The Morgan fingerprint density at radius 3 is 2.48 bits per heavy atom. The van der Waals surface area contributed by atoms with Crippen LogP contribution in [0.2, 0.25) is 0 Å². The van der Waals surface area contributed by atoms with Crippen molar-refractivity contribution < 1.29 is 14.8 Å². The number of aliphatic hydroxyl groups excluding tert-OH is 1. The quantitative estimate of drug-likeness (QED) is 0.465. The van der Waals surface area contributed by atoms with Crippen LogP contribution in [0.5, 0.6) is 0 Å². The standard InChI is InChI=1S/C17H18N2O4/c1-2-14(11-20)18-15-9-8-13(10-16(15)19(22)23)17(21)12-6-4-3-5-7-12/h3-10,14,18,20H,2,11H2,1H3/t14-/m0/s1. The van der Waals surface area contributed by atoms with E-state index < -0.39 is 4.92 Å². The number of hydrogen-bond acceptors (Lipinski definition) is 5. The van der Waals surface area contributed by atoms with Crippen molar-refractivity contribution in [3.05, 3.63) is 69.8 Å². The Kier molecular flexibility index (Phi) is 5.43. The van der Waals surface area contributed by atoms with Crippen LogP contribution in [-0.4, -0.2) is 28.5 Å². The summed E-state index contributed by atoms with van der Waals surface area (Å²) in [6, 6.07) is 12.7. The SMILES string of the molecule is CC[C@@H](CO)Nc1ccc(C(=O)c2ccccc2)cc1[N+](=O)[O-]. The van der Waals surface area contributed by atoms with Crippen molar-refractivity contribution in [2.75, 3.05) is 11.9 Å². The molecule has 0 spiro atoms. The second-order valence-electron chi connectivity index (χ2n) is 5.12. The van der Waals surface area contributed by atoms with Gasteiger partial charge in [0, 0.05) is 23.2 Å². The fourth-order valence-electron chi connectivity index (χ4n) is 2.20. The maximum Gasteiger partial charge on any atom is 0.293 e. The third-order valence-corrected chi connectivity index (χ3v) is 3.57. The van der Waals surface area contributed by atoms with Gasteiger partial charge in [0.2, 0.25) is 0 Å². The van der Waals surface area contributed by atoms with Crippen LogP contribution in [-0.2, 0) is 0 Å². The van der Waals surface area contributed by atoms with Crippen LogP contribution in [0.3, 0.4) is 0 Å². The fourth-order valence-corrected chi connectivity index (χ4v) is 2.20. The van der Waals surface area contributed by atoms with Crippen molar-refractivity contribution in [2.24, 2.45) is 0 Å². The van der Waals surface area contributed by atoms with E-state index in [0.717, 1.165) is 0 Å². The van der Waals surface area contributed by atoms with Crippen molar-refractivity contribution in [3.8, 4) is 0 Å². The summed E-state index contributed by atoms with van der Waals surface area (Å²) in [6.07, 6.45) is 0.623. The minimum absolute atomic E-state index is 0.127. The number of nitro groups is 1. The highest BCUT2D eigenvalue weighted by Crippen LogP contribution is 2.27. The first-order valence-electron chi connectivity index (χ1n) is 7.32. The van der Waals surface area contributed by atoms with E-state index in [9.17, 15) is 20.0 Å². The lowest BCUT2D eigenvalue weighted by molar-refractivity contribution is -0.384. The average Bonchev–Trinajstić information content (AvgIpc) is 2.59. The van der Waals surface area contributed by atoms with E-state index in [0.29, 0.717) is 17.7 Å². The molecule has 0 amide bonds. The molecule has 0 fully saturated rings. The molecule has 0 aromatic heterocycles. The highest BCUT2D eigenvalue weighted by atomic mass is 16.6. The Morgan fingerprint density at radius 2 is 1.91 bits per heavy atom. The van der Waals surface area contributed by atoms with Crippen molar-refractivity contribution in [1.82, 2.24) is 0 Å². The first-order chi connectivity index (χ1) is 11.1. The van der Waals surface area contributed by atoms with Crippen molar-refractivity contribution >= 4 is 17.2 Å². The van der Waals surface area contributed by atoms with Crippen LogP contribution in [0.1, 0.15) is 29.3 Å². The molecule has 6 nitrogen and oxygen atoms in total. The molecule has 0 radical (unpaired) electrons. The van der Waals surface area contributed by atoms with E-state index in [4.69, 9.17) is 0 Å². The molecule has 1 atom stereocenters. The Bertz CT molecular complexity index is 697. The van der Waals surface area contributed by atoms with E-state index in [2.05, 4.69) is 5.32 Å². The van der Waals surface area contributed by atoms with Gasteiger partial charge in [-0.15, -0.1) is 0 Å². The van der Waals surface area contributed by atoms with Crippen molar-refractivity contribution in [2.45, 2.75) is 19.4 Å². The van der Waals surface area contributed by atoms with Gasteiger partial charge in [-0.2, -0.15) is 0 Å². The summed E-state index contributed by atoms with van der Waals surface area (Å²) in [5, 5.41) is 23.4. The number of benzene rings is 2. The molecule has 120 valence electrons. The largest absolute Gasteiger partial charge is 0.394 e. The first kappa shape index (κ1) is 16.6. The number of nitrogens with one attached hydrogen (secondary N) is 1. The van der Waals surface area contributed by atoms with Gasteiger partial charge in [-0.1, -0.05) is 37.3 Å². The third kappa shape index (κ3) is 3.92. The normalized spacial score (nSPS) is 11.7. The van der Waals surface area contributed by atoms with Crippen LogP contribution in [0.15, 0.2) is 48.5 Å². The number of aliphatic hydroxyl groups is 1. The van der Waals surface area contributed by atoms with E-state index >= 15 is 0 Å². The topological polar surface area (TPSA) is 92.5 Å². The number of rotatable bonds is 7. The predicted molar refractivity (Wildman–Crippen MR) is 87.8 cm³/mol. The van der Waals surface area contributed by atoms with Crippen LogP contribution >= 0.6 is 0 Å². The van der Waals surface area contributed by atoms with Gasteiger partial charge in [0.25, 0.3) is 5.69 Å². The highest BCUT2D eigenvalue weighted by Gasteiger charge is 2.20. The Morgan fingerprint density at radius 1 is 1.22 bits per heavy atom. The molecule has 2 aromatic carbocycles. The van der Waals surface area contributed by atoms with Crippen LogP contribution in [0.25, 0.3) is 0 Å². The third-order valence-electron chi connectivity index (χ3n) is 3.57. The van der Waals surface area contributed by atoms with Crippen LogP contribution in [0.4, 0.5) is 11.4 Å². The molecular weight excluding hydrogens is 296 g/mol. The minimum atomic E-state index is -0.534. The predicted octanol–water partition coefficient (Wildman–Crippen LogP) is 3.01. The van der Waals surface area contributed by atoms with E-state index in [1.807, 2.05) is 6.92 Å². The van der Waals surface area contributed by atoms with Gasteiger partial charge < -0.3 is 10.4 Å². The molecule has 0 aliphatic rings. The summed E-state index contributed by atoms with van der Waals surface area (Å²) in [6.45, 7) is 1.74. The van der Waals surface area contributed by atoms with Gasteiger partial charge in [0.05, 0.1) is 11.5 Å². The van der Waals surface area contributed by atoms with Crippen molar-refractivity contribution in [3.63, 3.8) is 0 Å². The Hall–Kier alpha value is -2.73. The molecular formula is C17H18N2O4. The number of nitro benzene ring substituents is 1. The smallest absolute Gasteiger partial charge is 0.293 e. The number of carbonyl (C=O) groups excluding carboxylic acids is 1. The second kappa shape index (κ2) is 7.51. The first-order valence-corrected chi connectivity index (χ1v) is 7.32. The molecule has 0 unspecified atom stereocenters. The summed E-state index contributed by atoms with van der Waals surface area (Å²) in [4.78, 5) is 23.1. The number of nitrogens with zero attached hydrogens (tertiary/aromatic N) is 1. The lowest BCUT2D eigenvalue weighted by Crippen LogP contribution is -2.23. The zero-order chi connectivity index (χ0) is 16.8. The van der Waals surface area contributed by atoms with Gasteiger partial charge in [0.1, 0.15) is 5.69 Å². The van der Waals surface area contributed by atoms with Crippen LogP contribution < -0.4 is 5.32 Å². The molecule has 0 heterocycles. The molecule has 2 rings (SSSR count). The zero-order valence-electron chi connectivity index (χ0n) is 12.7. The molecule has 23 heavy (non-hydrogen) atoms. The molecule has 0 aliphatic heterocycles. The van der Waals surface area contributed by atoms with Gasteiger partial charge in [0.15, 0.2) is 5.78 Å². The van der Waals surface area contributed by atoms with Gasteiger partial charge >= 0.3 is 0 Å². The molecule has 0 saturated heterocycles. The summed E-state index contributed by atoms with van der Waals surface area (Å²) in [5.74, 6) is -0.269. The summed E-state index contributed by atoms with van der Waals surface area (Å²) in [5.41, 5.74) is 0.842. The number of carbonyl (C=O) groups is 1. The summed E-state index contributed by atoms with van der Waals surface area (Å²) in [7, 11) is 0. The van der Waals surface area contributed by atoms with Gasteiger partial charge in [-0.25, -0.2) is 0 Å². The maximum atomic E-state index is 12.4. The molecule has 0 aliphatic carbocycles. The molecule has 2 aromatic rings. The zero-order valence-corrected chi connectivity index (χ0v) is 12.7. The maximum absolute atomic E-state index is 12.4.